The SMILES string of the molecule is NC(=O)C(O)CNCc1ccc2[nH]ccc2c1. The number of aromatic amines is 1. The van der Waals surface area contributed by atoms with Crippen LogP contribution < -0.4 is 11.1 Å². The van der Waals surface area contributed by atoms with E-state index in [1.54, 1.807) is 0 Å². The standard InChI is InChI=1S/C12H15N3O2/c13-12(17)11(16)7-14-6-8-1-2-10-9(5-8)3-4-15-10/h1-5,11,14-16H,6-7H2,(H2,13,17). The monoisotopic (exact) mass is 233 g/mol. The highest BCUT2D eigenvalue weighted by Crippen LogP contribution is 2.13. The molecule has 0 saturated carbocycles. The van der Waals surface area contributed by atoms with Gasteiger partial charge in [0.05, 0.1) is 0 Å². The lowest BCUT2D eigenvalue weighted by Crippen LogP contribution is -2.37. The van der Waals surface area contributed by atoms with Crippen molar-refractivity contribution < 1.29 is 9.90 Å². The fourth-order valence-electron chi connectivity index (χ4n) is 1.67. The molecule has 2 rings (SSSR count). The number of fused-ring (bicyclic) bond motifs is 1. The fraction of sp³-hybridized carbons (Fsp3) is 0.250. The van der Waals surface area contributed by atoms with Gasteiger partial charge in [0.15, 0.2) is 0 Å². The predicted molar refractivity (Wildman–Crippen MR) is 65.2 cm³/mol. The molecule has 2 aromatic rings. The van der Waals surface area contributed by atoms with Crippen molar-refractivity contribution in [2.24, 2.45) is 5.73 Å². The molecule has 0 bridgehead atoms. The predicted octanol–water partition coefficient (Wildman–Crippen LogP) is 0.104. The van der Waals surface area contributed by atoms with Crippen LogP contribution in [-0.4, -0.2) is 28.6 Å². The van der Waals surface area contributed by atoms with Crippen LogP contribution in [0.1, 0.15) is 5.56 Å². The summed E-state index contributed by atoms with van der Waals surface area (Å²) in [5.41, 5.74) is 7.12. The number of amides is 1. The van der Waals surface area contributed by atoms with E-state index < -0.39 is 12.0 Å². The van der Waals surface area contributed by atoms with Gasteiger partial charge in [-0.25, -0.2) is 0 Å². The number of hydrogen-bond donors (Lipinski definition) is 4. The Morgan fingerprint density at radius 1 is 1.47 bits per heavy atom. The second-order valence-electron chi connectivity index (χ2n) is 3.95. The Morgan fingerprint density at radius 2 is 2.29 bits per heavy atom. The molecule has 5 N–H and O–H groups in total. The lowest BCUT2D eigenvalue weighted by atomic mass is 10.1. The average Bonchev–Trinajstić information content (AvgIpc) is 2.75. The molecule has 0 aliphatic carbocycles. The van der Waals surface area contributed by atoms with Crippen LogP contribution in [0.25, 0.3) is 10.9 Å². The first kappa shape index (κ1) is 11.6. The number of carbonyl (C=O) groups is 1. The van der Waals surface area contributed by atoms with Gasteiger partial charge in [0, 0.05) is 24.8 Å². The number of aliphatic hydroxyl groups excluding tert-OH is 1. The second kappa shape index (κ2) is 4.99. The number of aliphatic hydroxyl groups is 1. The van der Waals surface area contributed by atoms with Gasteiger partial charge in [0.25, 0.3) is 0 Å². The molecule has 1 unspecified atom stereocenters. The summed E-state index contributed by atoms with van der Waals surface area (Å²) in [6.07, 6.45) is 0.754. The van der Waals surface area contributed by atoms with Gasteiger partial charge in [0.1, 0.15) is 6.10 Å². The molecular formula is C12H15N3O2. The zero-order valence-corrected chi connectivity index (χ0v) is 9.31. The van der Waals surface area contributed by atoms with Crippen LogP contribution in [0.2, 0.25) is 0 Å². The molecular weight excluding hydrogens is 218 g/mol. The van der Waals surface area contributed by atoms with Crippen molar-refractivity contribution in [3.8, 4) is 0 Å². The van der Waals surface area contributed by atoms with E-state index in [-0.39, 0.29) is 6.54 Å². The normalized spacial score (nSPS) is 12.8. The number of carbonyl (C=O) groups excluding carboxylic acids is 1. The number of primary amides is 1. The molecule has 0 fully saturated rings. The Hall–Kier alpha value is -1.85. The van der Waals surface area contributed by atoms with Gasteiger partial charge in [-0.15, -0.1) is 0 Å². The third kappa shape index (κ3) is 2.83. The molecule has 0 aliphatic rings. The van der Waals surface area contributed by atoms with E-state index in [0.29, 0.717) is 6.54 Å². The van der Waals surface area contributed by atoms with Crippen LogP contribution in [0, 0.1) is 0 Å². The Kier molecular flexibility index (Phi) is 3.41. The minimum Gasteiger partial charge on any atom is -0.382 e. The smallest absolute Gasteiger partial charge is 0.247 e. The van der Waals surface area contributed by atoms with Crippen LogP contribution in [0.15, 0.2) is 30.5 Å². The number of nitrogens with two attached hydrogens (primary N) is 1. The van der Waals surface area contributed by atoms with Crippen molar-refractivity contribution in [3.05, 3.63) is 36.0 Å². The van der Waals surface area contributed by atoms with Crippen molar-refractivity contribution in [2.75, 3.05) is 6.54 Å². The number of aromatic nitrogens is 1. The summed E-state index contributed by atoms with van der Waals surface area (Å²) in [6, 6.07) is 8.03. The molecule has 1 aromatic carbocycles. The molecule has 90 valence electrons. The van der Waals surface area contributed by atoms with Crippen molar-refractivity contribution >= 4 is 16.8 Å². The minimum atomic E-state index is -1.13. The lowest BCUT2D eigenvalue weighted by molar-refractivity contribution is -0.125. The Bertz CT molecular complexity index is 521. The lowest BCUT2D eigenvalue weighted by Gasteiger charge is -2.08. The summed E-state index contributed by atoms with van der Waals surface area (Å²) in [5, 5.41) is 13.3. The van der Waals surface area contributed by atoms with Crippen molar-refractivity contribution in [1.82, 2.24) is 10.3 Å². The molecule has 1 amide bonds. The fourth-order valence-corrected chi connectivity index (χ4v) is 1.67. The maximum absolute atomic E-state index is 10.6. The topological polar surface area (TPSA) is 91.1 Å². The van der Waals surface area contributed by atoms with E-state index >= 15 is 0 Å². The highest BCUT2D eigenvalue weighted by molar-refractivity contribution is 5.80. The van der Waals surface area contributed by atoms with Crippen LogP contribution in [0.5, 0.6) is 0 Å². The molecule has 5 nitrogen and oxygen atoms in total. The first-order chi connectivity index (χ1) is 8.16. The third-order valence-corrected chi connectivity index (χ3v) is 2.61. The van der Waals surface area contributed by atoms with Gasteiger partial charge in [-0.1, -0.05) is 6.07 Å². The summed E-state index contributed by atoms with van der Waals surface area (Å²) in [6.45, 7) is 0.756. The van der Waals surface area contributed by atoms with E-state index in [9.17, 15) is 9.90 Å². The van der Waals surface area contributed by atoms with E-state index in [1.165, 1.54) is 0 Å². The Balaban J connectivity index is 1.92. The summed E-state index contributed by atoms with van der Waals surface area (Å²) in [5.74, 6) is -0.710. The third-order valence-electron chi connectivity index (χ3n) is 2.61. The summed E-state index contributed by atoms with van der Waals surface area (Å²) in [7, 11) is 0. The number of hydrogen-bond acceptors (Lipinski definition) is 3. The van der Waals surface area contributed by atoms with Crippen LogP contribution in [0.3, 0.4) is 0 Å². The summed E-state index contributed by atoms with van der Waals surface area (Å²) < 4.78 is 0. The van der Waals surface area contributed by atoms with Gasteiger partial charge in [-0.2, -0.15) is 0 Å². The Labute approximate surface area is 98.6 Å². The van der Waals surface area contributed by atoms with Crippen molar-refractivity contribution in [2.45, 2.75) is 12.6 Å². The zero-order valence-electron chi connectivity index (χ0n) is 9.31. The quantitative estimate of drug-likeness (QED) is 0.590. The summed E-state index contributed by atoms with van der Waals surface area (Å²) in [4.78, 5) is 13.7. The molecule has 0 saturated heterocycles. The maximum atomic E-state index is 10.6. The van der Waals surface area contributed by atoms with Crippen LogP contribution in [0.4, 0.5) is 0 Å². The number of benzene rings is 1. The molecule has 0 aliphatic heterocycles. The maximum Gasteiger partial charge on any atom is 0.247 e. The highest BCUT2D eigenvalue weighted by atomic mass is 16.3. The van der Waals surface area contributed by atoms with Gasteiger partial charge < -0.3 is 21.1 Å². The first-order valence-corrected chi connectivity index (χ1v) is 5.41. The van der Waals surface area contributed by atoms with Crippen LogP contribution >= 0.6 is 0 Å². The van der Waals surface area contributed by atoms with Crippen LogP contribution in [-0.2, 0) is 11.3 Å². The van der Waals surface area contributed by atoms with Crippen molar-refractivity contribution in [3.63, 3.8) is 0 Å². The summed E-state index contributed by atoms with van der Waals surface area (Å²) >= 11 is 0. The number of H-pyrrole nitrogens is 1. The van der Waals surface area contributed by atoms with E-state index in [0.717, 1.165) is 16.5 Å². The first-order valence-electron chi connectivity index (χ1n) is 5.41. The minimum absolute atomic E-state index is 0.167. The number of rotatable bonds is 5. The highest BCUT2D eigenvalue weighted by Gasteiger charge is 2.09. The second-order valence-corrected chi connectivity index (χ2v) is 3.95. The van der Waals surface area contributed by atoms with Gasteiger partial charge >= 0.3 is 0 Å². The molecule has 17 heavy (non-hydrogen) atoms. The van der Waals surface area contributed by atoms with E-state index in [2.05, 4.69) is 16.4 Å². The molecule has 1 atom stereocenters. The molecule has 1 heterocycles. The number of nitrogens with one attached hydrogen (secondary N) is 2. The molecule has 0 spiro atoms. The zero-order chi connectivity index (χ0) is 12.3. The van der Waals surface area contributed by atoms with E-state index in [4.69, 9.17) is 5.73 Å². The van der Waals surface area contributed by atoms with Gasteiger partial charge in [0.2, 0.25) is 5.91 Å². The largest absolute Gasteiger partial charge is 0.382 e. The molecule has 5 heteroatoms. The Morgan fingerprint density at radius 3 is 3.06 bits per heavy atom. The van der Waals surface area contributed by atoms with Crippen molar-refractivity contribution in [1.29, 1.82) is 0 Å². The van der Waals surface area contributed by atoms with E-state index in [1.807, 2.05) is 24.4 Å². The molecule has 0 radical (unpaired) electrons. The average molecular weight is 233 g/mol. The van der Waals surface area contributed by atoms with Gasteiger partial charge in [-0.3, -0.25) is 4.79 Å². The van der Waals surface area contributed by atoms with Gasteiger partial charge in [-0.05, 0) is 29.1 Å². The molecule has 1 aromatic heterocycles.